The Bertz CT molecular complexity index is 567. The Morgan fingerprint density at radius 2 is 1.79 bits per heavy atom. The molecule has 0 saturated carbocycles. The Balaban J connectivity index is 2.06. The molecular formula is C14H13ClN2O2. The summed E-state index contributed by atoms with van der Waals surface area (Å²) in [7, 11) is 0. The van der Waals surface area contributed by atoms with Crippen LogP contribution in [0.25, 0.3) is 0 Å². The zero-order chi connectivity index (χ0) is 13.8. The second kappa shape index (κ2) is 5.71. The normalized spacial score (nSPS) is 11.9. The van der Waals surface area contributed by atoms with E-state index in [1.165, 1.54) is 24.5 Å². The Kier molecular flexibility index (Phi) is 4.02. The number of rotatable bonds is 3. The zero-order valence-corrected chi connectivity index (χ0v) is 11.1. The van der Waals surface area contributed by atoms with E-state index in [1.807, 2.05) is 19.1 Å². The van der Waals surface area contributed by atoms with Gasteiger partial charge in [-0.25, -0.2) is 0 Å². The standard InChI is InChI=1S/C14H13ClN2O2/c1-10(11-2-4-13(15)5-3-11)16-14(18)12-6-8-17(19)9-7-12/h2-10H,1H3,(H,16,18). The summed E-state index contributed by atoms with van der Waals surface area (Å²) >= 11 is 5.81. The van der Waals surface area contributed by atoms with Crippen molar-refractivity contribution < 1.29 is 9.52 Å². The van der Waals surface area contributed by atoms with Gasteiger partial charge in [0, 0.05) is 17.2 Å². The van der Waals surface area contributed by atoms with Crippen LogP contribution in [-0.4, -0.2) is 5.91 Å². The summed E-state index contributed by atoms with van der Waals surface area (Å²) in [6, 6.07) is 10.1. The molecule has 0 aliphatic heterocycles. The van der Waals surface area contributed by atoms with Crippen LogP contribution in [0.2, 0.25) is 5.02 Å². The lowest BCUT2D eigenvalue weighted by Gasteiger charge is -2.14. The van der Waals surface area contributed by atoms with Crippen molar-refractivity contribution in [2.75, 3.05) is 0 Å². The minimum Gasteiger partial charge on any atom is -0.619 e. The smallest absolute Gasteiger partial charge is 0.252 e. The summed E-state index contributed by atoms with van der Waals surface area (Å²) in [5.41, 5.74) is 1.42. The second-order valence-corrected chi connectivity index (χ2v) is 4.63. The van der Waals surface area contributed by atoms with Crippen LogP contribution >= 0.6 is 11.6 Å². The third-order valence-electron chi connectivity index (χ3n) is 2.78. The molecule has 98 valence electrons. The molecule has 0 spiro atoms. The fourth-order valence-corrected chi connectivity index (χ4v) is 1.80. The summed E-state index contributed by atoms with van der Waals surface area (Å²) in [6.45, 7) is 1.89. The van der Waals surface area contributed by atoms with Crippen LogP contribution < -0.4 is 10.0 Å². The van der Waals surface area contributed by atoms with Gasteiger partial charge in [-0.3, -0.25) is 4.79 Å². The Morgan fingerprint density at radius 1 is 1.21 bits per heavy atom. The van der Waals surface area contributed by atoms with Crippen LogP contribution in [0.3, 0.4) is 0 Å². The van der Waals surface area contributed by atoms with Crippen molar-refractivity contribution in [1.82, 2.24) is 5.32 Å². The first-order valence-corrected chi connectivity index (χ1v) is 6.19. The summed E-state index contributed by atoms with van der Waals surface area (Å²) in [5, 5.41) is 14.4. The van der Waals surface area contributed by atoms with E-state index < -0.39 is 0 Å². The van der Waals surface area contributed by atoms with Crippen LogP contribution in [0.5, 0.6) is 0 Å². The van der Waals surface area contributed by atoms with Crippen molar-refractivity contribution in [1.29, 1.82) is 0 Å². The van der Waals surface area contributed by atoms with Crippen molar-refractivity contribution in [2.24, 2.45) is 0 Å². The number of carbonyl (C=O) groups excluding carboxylic acids is 1. The molecule has 0 aliphatic carbocycles. The van der Waals surface area contributed by atoms with Gasteiger partial charge in [-0.2, -0.15) is 4.73 Å². The van der Waals surface area contributed by atoms with E-state index >= 15 is 0 Å². The van der Waals surface area contributed by atoms with E-state index in [0.29, 0.717) is 15.3 Å². The molecule has 0 fully saturated rings. The highest BCUT2D eigenvalue weighted by Crippen LogP contribution is 2.16. The van der Waals surface area contributed by atoms with E-state index in [9.17, 15) is 10.0 Å². The average Bonchev–Trinajstić information content (AvgIpc) is 2.40. The number of pyridine rings is 1. The predicted octanol–water partition coefficient (Wildman–Crippen LogP) is 2.46. The van der Waals surface area contributed by atoms with Gasteiger partial charge in [-0.05, 0) is 24.6 Å². The van der Waals surface area contributed by atoms with Gasteiger partial charge in [0.1, 0.15) is 0 Å². The molecule has 1 amide bonds. The van der Waals surface area contributed by atoms with Gasteiger partial charge in [-0.15, -0.1) is 0 Å². The van der Waals surface area contributed by atoms with Crippen LogP contribution in [0.1, 0.15) is 28.9 Å². The van der Waals surface area contributed by atoms with Gasteiger partial charge in [0.15, 0.2) is 12.4 Å². The van der Waals surface area contributed by atoms with Gasteiger partial charge >= 0.3 is 0 Å². The molecule has 1 heterocycles. The van der Waals surface area contributed by atoms with Crippen LogP contribution in [-0.2, 0) is 0 Å². The third-order valence-corrected chi connectivity index (χ3v) is 3.03. The maximum atomic E-state index is 12.0. The molecule has 2 rings (SSSR count). The number of benzene rings is 1. The quantitative estimate of drug-likeness (QED) is 0.692. The maximum Gasteiger partial charge on any atom is 0.252 e. The lowest BCUT2D eigenvalue weighted by atomic mass is 10.1. The topological polar surface area (TPSA) is 56.0 Å². The first-order valence-electron chi connectivity index (χ1n) is 5.81. The summed E-state index contributed by atoms with van der Waals surface area (Å²) in [5.74, 6) is -0.219. The maximum absolute atomic E-state index is 12.0. The molecule has 19 heavy (non-hydrogen) atoms. The van der Waals surface area contributed by atoms with Crippen molar-refractivity contribution in [3.05, 3.63) is 70.1 Å². The van der Waals surface area contributed by atoms with Crippen molar-refractivity contribution in [3.63, 3.8) is 0 Å². The van der Waals surface area contributed by atoms with Crippen LogP contribution in [0.4, 0.5) is 0 Å². The minimum atomic E-state index is -0.219. The van der Waals surface area contributed by atoms with Gasteiger partial charge in [0.25, 0.3) is 5.91 Å². The molecule has 4 nitrogen and oxygen atoms in total. The van der Waals surface area contributed by atoms with Gasteiger partial charge in [0.05, 0.1) is 11.6 Å². The highest BCUT2D eigenvalue weighted by molar-refractivity contribution is 6.30. The number of hydrogen-bond acceptors (Lipinski definition) is 2. The van der Waals surface area contributed by atoms with E-state index in [4.69, 9.17) is 11.6 Å². The fourth-order valence-electron chi connectivity index (χ4n) is 1.68. The summed E-state index contributed by atoms with van der Waals surface area (Å²) < 4.78 is 0.638. The van der Waals surface area contributed by atoms with E-state index in [-0.39, 0.29) is 11.9 Å². The summed E-state index contributed by atoms with van der Waals surface area (Å²) in [4.78, 5) is 12.0. The Morgan fingerprint density at radius 3 is 2.37 bits per heavy atom. The van der Waals surface area contributed by atoms with Crippen molar-refractivity contribution >= 4 is 17.5 Å². The first-order chi connectivity index (χ1) is 9.06. The molecule has 1 atom stereocenters. The highest BCUT2D eigenvalue weighted by Gasteiger charge is 2.11. The third kappa shape index (κ3) is 3.45. The SMILES string of the molecule is CC(NC(=O)c1cc[n+]([O-])cc1)c1ccc(Cl)cc1. The Labute approximate surface area is 116 Å². The molecule has 1 aromatic carbocycles. The predicted molar refractivity (Wildman–Crippen MR) is 72.7 cm³/mol. The lowest BCUT2D eigenvalue weighted by Crippen LogP contribution is -2.29. The van der Waals surface area contributed by atoms with Crippen LogP contribution in [0, 0.1) is 5.21 Å². The lowest BCUT2D eigenvalue weighted by molar-refractivity contribution is -0.605. The molecule has 2 aromatic rings. The molecule has 1 unspecified atom stereocenters. The molecule has 1 aromatic heterocycles. The fraction of sp³-hybridized carbons (Fsp3) is 0.143. The average molecular weight is 277 g/mol. The van der Waals surface area contributed by atoms with Crippen molar-refractivity contribution in [2.45, 2.75) is 13.0 Å². The summed E-state index contributed by atoms with van der Waals surface area (Å²) in [6.07, 6.45) is 2.59. The number of nitrogens with zero attached hydrogens (tertiary/aromatic N) is 1. The number of aromatic nitrogens is 1. The van der Waals surface area contributed by atoms with Crippen LogP contribution in [0.15, 0.2) is 48.8 Å². The Hall–Kier alpha value is -2.07. The molecule has 0 saturated heterocycles. The monoisotopic (exact) mass is 276 g/mol. The number of carbonyl (C=O) groups is 1. The zero-order valence-electron chi connectivity index (χ0n) is 10.3. The highest BCUT2D eigenvalue weighted by atomic mass is 35.5. The van der Waals surface area contributed by atoms with Gasteiger partial charge < -0.3 is 10.5 Å². The van der Waals surface area contributed by atoms with E-state index in [2.05, 4.69) is 5.32 Å². The number of halogens is 1. The molecule has 0 radical (unpaired) electrons. The van der Waals surface area contributed by atoms with Gasteiger partial charge in [-0.1, -0.05) is 23.7 Å². The second-order valence-electron chi connectivity index (χ2n) is 4.19. The minimum absolute atomic E-state index is 0.135. The van der Waals surface area contributed by atoms with Gasteiger partial charge in [0.2, 0.25) is 0 Å². The van der Waals surface area contributed by atoms with E-state index in [1.54, 1.807) is 12.1 Å². The van der Waals surface area contributed by atoms with Crippen molar-refractivity contribution in [3.8, 4) is 0 Å². The molecule has 0 aliphatic rings. The number of hydrogen-bond donors (Lipinski definition) is 1. The largest absolute Gasteiger partial charge is 0.619 e. The van der Waals surface area contributed by atoms with E-state index in [0.717, 1.165) is 5.56 Å². The molecule has 5 heteroatoms. The molecular weight excluding hydrogens is 264 g/mol. The molecule has 1 N–H and O–H groups in total. The number of amides is 1. The number of nitrogens with one attached hydrogen (secondary N) is 1. The first kappa shape index (κ1) is 13.4. The molecule has 0 bridgehead atoms.